The quantitative estimate of drug-likeness (QED) is 0.262. The Morgan fingerprint density at radius 1 is 0.933 bits per heavy atom. The van der Waals surface area contributed by atoms with E-state index in [1.807, 2.05) is 30.0 Å². The normalized spacial score (nSPS) is 16.3. The van der Waals surface area contributed by atoms with Gasteiger partial charge in [0, 0.05) is 35.7 Å². The third-order valence-corrected chi connectivity index (χ3v) is 7.27. The van der Waals surface area contributed by atoms with Crippen LogP contribution in [0.15, 0.2) is 88.8 Å². The molecule has 0 N–H and O–H groups in total. The Balaban J connectivity index is 1.53. The van der Waals surface area contributed by atoms with Crippen molar-refractivity contribution in [1.82, 2.24) is 0 Å². The lowest BCUT2D eigenvalue weighted by Crippen LogP contribution is -2.33. The van der Waals surface area contributed by atoms with Gasteiger partial charge in [0.15, 0.2) is 0 Å². The number of aryl methyl sites for hydroxylation is 1. The lowest BCUT2D eigenvalue weighted by Gasteiger charge is -2.27. The second-order valence-corrected chi connectivity index (χ2v) is 9.16. The number of aromatic nitrogens is 1. The van der Waals surface area contributed by atoms with E-state index in [4.69, 9.17) is 11.6 Å². The van der Waals surface area contributed by atoms with Crippen LogP contribution in [0, 0.1) is 0 Å². The summed E-state index contributed by atoms with van der Waals surface area (Å²) < 4.78 is 2.12. The molecule has 0 atom stereocenters. The van der Waals surface area contributed by atoms with E-state index in [0.29, 0.717) is 5.15 Å². The maximum absolute atomic E-state index is 6.84. The largest absolute Gasteiger partial charge is 0.335 e. The number of fused-ring (bicyclic) bond motifs is 1. The zero-order chi connectivity index (χ0) is 20.1. The average Bonchev–Trinajstić information content (AvgIpc) is 3.14. The van der Waals surface area contributed by atoms with Crippen molar-refractivity contribution < 1.29 is 4.57 Å². The number of benzene rings is 3. The molecule has 0 aliphatic carbocycles. The molecule has 1 aromatic heterocycles. The zero-order valence-electron chi connectivity index (χ0n) is 16.4. The minimum absolute atomic E-state index is 0.714. The molecule has 0 saturated carbocycles. The summed E-state index contributed by atoms with van der Waals surface area (Å²) in [6, 6.07) is 27.6. The highest BCUT2D eigenvalue weighted by Gasteiger charge is 2.30. The molecule has 0 amide bonds. The maximum atomic E-state index is 6.84. The molecule has 30 heavy (non-hydrogen) atoms. The summed E-state index contributed by atoms with van der Waals surface area (Å²) in [6.07, 6.45) is 4.67. The van der Waals surface area contributed by atoms with Gasteiger partial charge in [0.25, 0.3) is 5.15 Å². The molecule has 0 unspecified atom stereocenters. The van der Waals surface area contributed by atoms with Gasteiger partial charge in [-0.25, -0.2) is 0 Å². The fourth-order valence-corrected chi connectivity index (χ4v) is 6.08. The molecule has 0 radical (unpaired) electrons. The first kappa shape index (κ1) is 18.1. The van der Waals surface area contributed by atoms with Crippen molar-refractivity contribution in [3.8, 4) is 5.69 Å². The molecule has 3 heterocycles. The van der Waals surface area contributed by atoms with E-state index in [1.165, 1.54) is 39.4 Å². The van der Waals surface area contributed by atoms with Crippen LogP contribution in [-0.4, -0.2) is 6.54 Å². The Bertz CT molecular complexity index is 1310. The van der Waals surface area contributed by atoms with Crippen molar-refractivity contribution in [2.24, 2.45) is 0 Å². The fourth-order valence-electron chi connectivity index (χ4n) is 4.58. The molecule has 146 valence electrons. The molecule has 2 aliphatic heterocycles. The molecule has 2 aliphatic rings. The van der Waals surface area contributed by atoms with Gasteiger partial charge in [0.1, 0.15) is 0 Å². The van der Waals surface area contributed by atoms with Crippen molar-refractivity contribution in [2.75, 3.05) is 11.4 Å². The van der Waals surface area contributed by atoms with Gasteiger partial charge in [0.2, 0.25) is 11.2 Å². The Morgan fingerprint density at radius 2 is 1.77 bits per heavy atom. The molecule has 4 aromatic rings. The maximum Gasteiger partial charge on any atom is 0.281 e. The summed E-state index contributed by atoms with van der Waals surface area (Å²) in [5.74, 6) is 0. The fraction of sp³-hybridized carbons (Fsp3) is 0.115. The summed E-state index contributed by atoms with van der Waals surface area (Å²) in [6.45, 7) is 1.07. The van der Waals surface area contributed by atoms with Crippen LogP contribution in [0.25, 0.3) is 22.7 Å². The van der Waals surface area contributed by atoms with Crippen LogP contribution in [0.3, 0.4) is 0 Å². The van der Waals surface area contributed by atoms with Gasteiger partial charge < -0.3 is 4.90 Å². The molecule has 3 aromatic carbocycles. The van der Waals surface area contributed by atoms with Crippen LogP contribution in [0.2, 0.25) is 5.15 Å². The van der Waals surface area contributed by atoms with Gasteiger partial charge in [-0.1, -0.05) is 54.2 Å². The highest BCUT2D eigenvalue weighted by molar-refractivity contribution is 8.03. The van der Waals surface area contributed by atoms with Crippen molar-refractivity contribution in [3.05, 3.63) is 100 Å². The summed E-state index contributed by atoms with van der Waals surface area (Å²) in [7, 11) is 0. The molecule has 6 rings (SSSR count). The van der Waals surface area contributed by atoms with Gasteiger partial charge in [-0.2, -0.15) is 0 Å². The monoisotopic (exact) mass is 427 g/mol. The molecule has 0 saturated heterocycles. The van der Waals surface area contributed by atoms with E-state index in [2.05, 4.69) is 76.2 Å². The molecular weight excluding hydrogens is 408 g/mol. The SMILES string of the molecule is Clc1cc(/C=C2/Sc3cccc4c3N2CCC4)c2ccccc2[n+]1-c1ccccc1. The van der Waals surface area contributed by atoms with E-state index < -0.39 is 0 Å². The van der Waals surface area contributed by atoms with E-state index in [1.54, 1.807) is 0 Å². The van der Waals surface area contributed by atoms with Gasteiger partial charge in [0.05, 0.1) is 16.1 Å². The summed E-state index contributed by atoms with van der Waals surface area (Å²) >= 11 is 8.71. The number of pyridine rings is 1. The lowest BCUT2D eigenvalue weighted by atomic mass is 10.0. The first-order valence-corrected chi connectivity index (χ1v) is 11.5. The van der Waals surface area contributed by atoms with E-state index in [-0.39, 0.29) is 0 Å². The van der Waals surface area contributed by atoms with E-state index in [0.717, 1.165) is 23.3 Å². The number of thioether (sulfide) groups is 1. The first-order chi connectivity index (χ1) is 14.8. The average molecular weight is 428 g/mol. The predicted octanol–water partition coefficient (Wildman–Crippen LogP) is 6.63. The minimum atomic E-state index is 0.714. The second-order valence-electron chi connectivity index (χ2n) is 7.71. The van der Waals surface area contributed by atoms with Crippen molar-refractivity contribution >= 4 is 46.0 Å². The molecule has 0 bridgehead atoms. The lowest BCUT2D eigenvalue weighted by molar-refractivity contribution is -0.564. The molecular formula is C26H20ClN2S+. The Morgan fingerprint density at radius 3 is 2.67 bits per heavy atom. The van der Waals surface area contributed by atoms with E-state index >= 15 is 0 Å². The molecule has 0 fully saturated rings. The van der Waals surface area contributed by atoms with Crippen LogP contribution in [0.5, 0.6) is 0 Å². The Labute approximate surface area is 185 Å². The van der Waals surface area contributed by atoms with Gasteiger partial charge in [-0.3, -0.25) is 0 Å². The Kier molecular flexibility index (Phi) is 4.33. The van der Waals surface area contributed by atoms with Crippen LogP contribution >= 0.6 is 23.4 Å². The molecule has 4 heteroatoms. The number of anilines is 1. The number of halogens is 1. The van der Waals surface area contributed by atoms with Crippen LogP contribution < -0.4 is 9.47 Å². The summed E-state index contributed by atoms with van der Waals surface area (Å²) in [5, 5.41) is 3.20. The van der Waals surface area contributed by atoms with Crippen LogP contribution in [-0.2, 0) is 6.42 Å². The molecule has 0 spiro atoms. The number of hydrogen-bond donors (Lipinski definition) is 0. The smallest absolute Gasteiger partial charge is 0.281 e. The van der Waals surface area contributed by atoms with Crippen LogP contribution in [0.4, 0.5) is 5.69 Å². The third kappa shape index (κ3) is 2.84. The van der Waals surface area contributed by atoms with Crippen molar-refractivity contribution in [2.45, 2.75) is 17.7 Å². The third-order valence-electron chi connectivity index (χ3n) is 5.90. The number of para-hydroxylation sites is 3. The standard InChI is InChI=1S/C26H20ClN2S/c27-24-16-19(17-25-28-15-7-9-18-8-6-14-23(30-25)26(18)28)21-12-4-5-13-22(21)29(24)20-10-2-1-3-11-20/h1-6,8,10-14,16-17H,7,9,15H2/q+1. The second kappa shape index (κ2) is 7.19. The van der Waals surface area contributed by atoms with Crippen molar-refractivity contribution in [1.29, 1.82) is 0 Å². The summed E-state index contributed by atoms with van der Waals surface area (Å²) in [4.78, 5) is 3.85. The molecule has 2 nitrogen and oxygen atoms in total. The van der Waals surface area contributed by atoms with Crippen LogP contribution in [0.1, 0.15) is 17.5 Å². The summed E-state index contributed by atoms with van der Waals surface area (Å²) in [5.41, 5.74) is 6.22. The van der Waals surface area contributed by atoms with E-state index in [9.17, 15) is 0 Å². The minimum Gasteiger partial charge on any atom is -0.335 e. The van der Waals surface area contributed by atoms with Gasteiger partial charge in [-0.05, 0) is 53.8 Å². The number of nitrogens with zero attached hydrogens (tertiary/aromatic N) is 2. The first-order valence-electron chi connectivity index (χ1n) is 10.3. The van der Waals surface area contributed by atoms with Gasteiger partial charge >= 0.3 is 0 Å². The highest BCUT2D eigenvalue weighted by atomic mass is 35.5. The topological polar surface area (TPSA) is 7.12 Å². The number of hydrogen-bond acceptors (Lipinski definition) is 2. The van der Waals surface area contributed by atoms with Gasteiger partial charge in [-0.15, -0.1) is 4.57 Å². The highest BCUT2D eigenvalue weighted by Crippen LogP contribution is 2.50. The predicted molar refractivity (Wildman–Crippen MR) is 126 cm³/mol. The zero-order valence-corrected chi connectivity index (χ0v) is 18.0. The number of rotatable bonds is 2. The van der Waals surface area contributed by atoms with Crippen molar-refractivity contribution in [3.63, 3.8) is 0 Å². The Hall–Kier alpha value is -2.75.